The molecule has 0 saturated heterocycles. The number of ether oxygens (including phenoxy) is 1. The van der Waals surface area contributed by atoms with Crippen LogP contribution in [0.5, 0.6) is 0 Å². The van der Waals surface area contributed by atoms with E-state index in [1.165, 1.54) is 0 Å². The van der Waals surface area contributed by atoms with Crippen molar-refractivity contribution in [1.82, 2.24) is 0 Å². The Kier molecular flexibility index (Phi) is 2.93. The lowest BCUT2D eigenvalue weighted by Gasteiger charge is -2.55. The van der Waals surface area contributed by atoms with Gasteiger partial charge in [0.2, 0.25) is 0 Å². The highest BCUT2D eigenvalue weighted by Crippen LogP contribution is 2.58. The quantitative estimate of drug-likeness (QED) is 0.641. The van der Waals surface area contributed by atoms with Crippen LogP contribution >= 0.6 is 12.6 Å². The molecule has 2 unspecified atom stereocenters. The number of halogens is 2. The highest BCUT2D eigenvalue weighted by atomic mass is 32.1. The molecule has 0 aliphatic heterocycles. The van der Waals surface area contributed by atoms with Gasteiger partial charge in [-0.1, -0.05) is 12.6 Å². The van der Waals surface area contributed by atoms with Gasteiger partial charge in [-0.25, -0.2) is 4.79 Å². The summed E-state index contributed by atoms with van der Waals surface area (Å²) in [6, 6.07) is 0. The molecule has 0 spiro atoms. The number of carbonyl (C=O) groups excluding carboxylic acids is 2. The summed E-state index contributed by atoms with van der Waals surface area (Å²) in [4.78, 5) is 23.1. The van der Waals surface area contributed by atoms with Gasteiger partial charge in [-0.3, -0.25) is 4.79 Å². The van der Waals surface area contributed by atoms with Crippen LogP contribution in [0.15, 0.2) is 0 Å². The second-order valence-corrected chi connectivity index (χ2v) is 6.93. The van der Waals surface area contributed by atoms with Crippen LogP contribution in [0.3, 0.4) is 0 Å². The molecule has 4 aliphatic rings. The maximum absolute atomic E-state index is 12.7. The summed E-state index contributed by atoms with van der Waals surface area (Å²) in [6.07, 6.45) is 4.11. The third-order valence-corrected chi connectivity index (χ3v) is 5.06. The number of carbonyl (C=O) groups is 2. The van der Waals surface area contributed by atoms with E-state index in [0.29, 0.717) is 24.5 Å². The molecular formula is C13H16F2O3S. The van der Waals surface area contributed by atoms with Crippen molar-refractivity contribution in [2.24, 2.45) is 23.2 Å². The van der Waals surface area contributed by atoms with Gasteiger partial charge in [-0.2, -0.15) is 8.78 Å². The highest BCUT2D eigenvalue weighted by Gasteiger charge is 2.55. The molecule has 4 saturated carbocycles. The summed E-state index contributed by atoms with van der Waals surface area (Å²) in [7, 11) is 0. The molecule has 0 amide bonds. The van der Waals surface area contributed by atoms with Gasteiger partial charge in [0.15, 0.2) is 0 Å². The number of thiol groups is 1. The largest absolute Gasteiger partial charge is 0.460 e. The van der Waals surface area contributed by atoms with Gasteiger partial charge in [0, 0.05) is 17.3 Å². The standard InChI is InChI=1S/C13H16F2O3S/c14-13(15,19)11(17)18-6-12-3-7-1-8(4-12)10(16)9(2-7)5-12/h7-9,19H,1-6H2. The Hall–Kier alpha value is -0.650. The molecule has 0 aromatic heterocycles. The van der Waals surface area contributed by atoms with Crippen LogP contribution in [0.1, 0.15) is 32.1 Å². The van der Waals surface area contributed by atoms with Crippen LogP contribution < -0.4 is 0 Å². The van der Waals surface area contributed by atoms with Gasteiger partial charge in [0.1, 0.15) is 5.78 Å². The van der Waals surface area contributed by atoms with Crippen molar-refractivity contribution in [3.05, 3.63) is 0 Å². The van der Waals surface area contributed by atoms with Gasteiger partial charge >= 0.3 is 11.2 Å². The normalized spacial score (nSPS) is 40.6. The van der Waals surface area contributed by atoms with E-state index in [2.05, 4.69) is 12.6 Å². The van der Waals surface area contributed by atoms with Gasteiger partial charge in [-0.15, -0.1) is 0 Å². The highest BCUT2D eigenvalue weighted by molar-refractivity contribution is 7.82. The molecule has 106 valence electrons. The number of alkyl halides is 2. The number of esters is 1. The van der Waals surface area contributed by atoms with E-state index in [4.69, 9.17) is 4.74 Å². The number of hydrogen-bond donors (Lipinski definition) is 1. The van der Waals surface area contributed by atoms with Crippen LogP contribution in [0.4, 0.5) is 8.78 Å². The van der Waals surface area contributed by atoms with Crippen LogP contribution in [0, 0.1) is 23.2 Å². The van der Waals surface area contributed by atoms with Crippen molar-refractivity contribution in [2.45, 2.75) is 37.4 Å². The Bertz CT molecular complexity index is 414. The summed E-state index contributed by atoms with van der Waals surface area (Å²) >= 11 is 2.91. The van der Waals surface area contributed by atoms with E-state index < -0.39 is 11.2 Å². The molecular weight excluding hydrogens is 274 g/mol. The number of rotatable bonds is 3. The fourth-order valence-corrected chi connectivity index (χ4v) is 4.46. The first-order chi connectivity index (χ1) is 8.79. The molecule has 2 atom stereocenters. The van der Waals surface area contributed by atoms with Crippen molar-refractivity contribution in [2.75, 3.05) is 6.61 Å². The van der Waals surface area contributed by atoms with Gasteiger partial charge in [0.25, 0.3) is 0 Å². The average Bonchev–Trinajstić information content (AvgIpc) is 2.30. The number of ketones is 1. The van der Waals surface area contributed by atoms with Gasteiger partial charge in [-0.05, 0) is 38.0 Å². The predicted molar refractivity (Wildman–Crippen MR) is 65.9 cm³/mol. The summed E-state index contributed by atoms with van der Waals surface area (Å²) in [5.74, 6) is -0.649. The first-order valence-electron chi connectivity index (χ1n) is 6.60. The maximum Gasteiger partial charge on any atom is 0.388 e. The van der Waals surface area contributed by atoms with Crippen LogP contribution in [-0.4, -0.2) is 23.6 Å². The van der Waals surface area contributed by atoms with E-state index in [1.807, 2.05) is 0 Å². The second kappa shape index (κ2) is 4.17. The van der Waals surface area contributed by atoms with Crippen LogP contribution in [0.2, 0.25) is 0 Å². The fourth-order valence-electron chi connectivity index (χ4n) is 4.39. The monoisotopic (exact) mass is 290 g/mol. The molecule has 4 bridgehead atoms. The third-order valence-electron chi connectivity index (χ3n) is 4.88. The first kappa shape index (κ1) is 13.3. The van der Waals surface area contributed by atoms with E-state index >= 15 is 0 Å². The minimum absolute atomic E-state index is 0.00123. The zero-order valence-corrected chi connectivity index (χ0v) is 11.3. The third kappa shape index (κ3) is 2.28. The Morgan fingerprint density at radius 2 is 1.89 bits per heavy atom. The topological polar surface area (TPSA) is 43.4 Å². The maximum atomic E-state index is 12.7. The van der Waals surface area contributed by atoms with E-state index in [-0.39, 0.29) is 23.9 Å². The molecule has 0 N–H and O–H groups in total. The lowest BCUT2D eigenvalue weighted by Crippen LogP contribution is -2.53. The Morgan fingerprint density at radius 1 is 1.32 bits per heavy atom. The second-order valence-electron chi connectivity index (χ2n) is 6.36. The van der Waals surface area contributed by atoms with Gasteiger partial charge < -0.3 is 4.74 Å². The molecule has 0 aromatic carbocycles. The van der Waals surface area contributed by atoms with E-state index in [9.17, 15) is 18.4 Å². The van der Waals surface area contributed by atoms with Crippen molar-refractivity contribution in [3.63, 3.8) is 0 Å². The number of Topliss-reactive ketones (excluding diaryl/α,β-unsaturated/α-hetero) is 1. The molecule has 4 aliphatic carbocycles. The predicted octanol–water partition coefficient (Wildman–Crippen LogP) is 2.45. The summed E-state index contributed by atoms with van der Waals surface area (Å²) in [5, 5.41) is -3.74. The molecule has 0 aromatic rings. The Balaban J connectivity index is 1.68. The summed E-state index contributed by atoms with van der Waals surface area (Å²) < 4.78 is 30.1. The zero-order chi connectivity index (χ0) is 13.8. The average molecular weight is 290 g/mol. The molecule has 0 heterocycles. The SMILES string of the molecule is O=C1C2CC3CC1CC(COC(=O)C(F)(F)S)(C3)C2. The Labute approximate surface area is 115 Å². The smallest absolute Gasteiger partial charge is 0.388 e. The van der Waals surface area contributed by atoms with E-state index in [1.54, 1.807) is 0 Å². The molecule has 3 nitrogen and oxygen atoms in total. The van der Waals surface area contributed by atoms with Crippen molar-refractivity contribution >= 4 is 24.4 Å². The molecule has 19 heavy (non-hydrogen) atoms. The summed E-state index contributed by atoms with van der Waals surface area (Å²) in [6.45, 7) is -0.00123. The van der Waals surface area contributed by atoms with Crippen molar-refractivity contribution in [3.8, 4) is 0 Å². The summed E-state index contributed by atoms with van der Waals surface area (Å²) in [5.41, 5.74) is -0.251. The minimum Gasteiger partial charge on any atom is -0.460 e. The van der Waals surface area contributed by atoms with Crippen LogP contribution in [-0.2, 0) is 14.3 Å². The van der Waals surface area contributed by atoms with Gasteiger partial charge in [0.05, 0.1) is 6.61 Å². The molecule has 6 heteroatoms. The Morgan fingerprint density at radius 3 is 2.42 bits per heavy atom. The lowest BCUT2D eigenvalue weighted by atomic mass is 9.49. The van der Waals surface area contributed by atoms with E-state index in [0.717, 1.165) is 19.3 Å². The fraction of sp³-hybridized carbons (Fsp3) is 0.846. The molecule has 4 fully saturated rings. The zero-order valence-electron chi connectivity index (χ0n) is 10.4. The van der Waals surface area contributed by atoms with Crippen LogP contribution in [0.25, 0.3) is 0 Å². The van der Waals surface area contributed by atoms with Crippen molar-refractivity contribution < 1.29 is 23.1 Å². The minimum atomic E-state index is -3.74. The molecule has 4 rings (SSSR count). The van der Waals surface area contributed by atoms with Crippen molar-refractivity contribution in [1.29, 1.82) is 0 Å². The lowest BCUT2D eigenvalue weighted by molar-refractivity contribution is -0.172. The first-order valence-corrected chi connectivity index (χ1v) is 7.05. The number of hydrogen-bond acceptors (Lipinski definition) is 4. The molecule has 0 radical (unpaired) electrons.